The largest absolute Gasteiger partial charge is 0.460 e. The summed E-state index contributed by atoms with van der Waals surface area (Å²) < 4.78 is 5.33. The fraction of sp³-hybridized carbons (Fsp3) is 0.588. The highest BCUT2D eigenvalue weighted by Crippen LogP contribution is 2.17. The van der Waals surface area contributed by atoms with E-state index >= 15 is 0 Å². The molecule has 0 aliphatic rings. The van der Waals surface area contributed by atoms with Crippen LogP contribution in [0.3, 0.4) is 0 Å². The Morgan fingerprint density at radius 1 is 1.10 bits per heavy atom. The van der Waals surface area contributed by atoms with Crippen LogP contribution >= 0.6 is 0 Å². The highest BCUT2D eigenvalue weighted by Gasteiger charge is 2.22. The zero-order valence-corrected chi connectivity index (χ0v) is 13.5. The second kappa shape index (κ2) is 6.40. The third-order valence-corrected chi connectivity index (χ3v) is 2.80. The Hall–Kier alpha value is -1.35. The molecule has 112 valence electrons. The van der Waals surface area contributed by atoms with Crippen molar-refractivity contribution >= 4 is 5.97 Å². The number of ether oxygens (including phenoxy) is 1. The van der Waals surface area contributed by atoms with Crippen molar-refractivity contribution in [3.05, 3.63) is 35.4 Å². The van der Waals surface area contributed by atoms with Crippen molar-refractivity contribution in [2.45, 2.75) is 60.2 Å². The highest BCUT2D eigenvalue weighted by molar-refractivity contribution is 5.75. The van der Waals surface area contributed by atoms with Crippen molar-refractivity contribution in [1.29, 1.82) is 0 Å². The Kier molecular flexibility index (Phi) is 5.35. The van der Waals surface area contributed by atoms with Gasteiger partial charge in [0.05, 0.1) is 5.41 Å². The second-order valence-corrected chi connectivity index (χ2v) is 7.25. The van der Waals surface area contributed by atoms with Crippen LogP contribution in [-0.4, -0.2) is 11.5 Å². The van der Waals surface area contributed by atoms with E-state index in [1.165, 1.54) is 5.56 Å². The molecular formula is C17H27NO2. The Morgan fingerprint density at radius 2 is 1.70 bits per heavy atom. The molecule has 1 aromatic rings. The van der Waals surface area contributed by atoms with Gasteiger partial charge in [-0.15, -0.1) is 0 Å². The van der Waals surface area contributed by atoms with Gasteiger partial charge in [0, 0.05) is 12.1 Å². The lowest BCUT2D eigenvalue weighted by atomic mass is 9.97. The molecule has 1 aromatic carbocycles. The Morgan fingerprint density at radius 3 is 2.25 bits per heavy atom. The first-order chi connectivity index (χ1) is 9.08. The molecule has 1 N–H and O–H groups in total. The number of benzene rings is 1. The van der Waals surface area contributed by atoms with Crippen LogP contribution in [0.5, 0.6) is 0 Å². The van der Waals surface area contributed by atoms with Gasteiger partial charge in [-0.25, -0.2) is 0 Å². The molecule has 3 nitrogen and oxygen atoms in total. The predicted octanol–water partition coefficient (Wildman–Crippen LogP) is 3.66. The summed E-state index contributed by atoms with van der Waals surface area (Å²) in [7, 11) is 0. The number of rotatable bonds is 4. The van der Waals surface area contributed by atoms with Crippen LogP contribution in [0.2, 0.25) is 0 Å². The molecule has 0 atom stereocenters. The fourth-order valence-corrected chi connectivity index (χ4v) is 1.56. The summed E-state index contributed by atoms with van der Waals surface area (Å²) >= 11 is 0. The monoisotopic (exact) mass is 277 g/mol. The van der Waals surface area contributed by atoms with Crippen LogP contribution in [0.25, 0.3) is 0 Å². The van der Waals surface area contributed by atoms with Crippen molar-refractivity contribution in [3.8, 4) is 0 Å². The van der Waals surface area contributed by atoms with E-state index in [1.54, 1.807) is 0 Å². The van der Waals surface area contributed by atoms with Crippen LogP contribution in [0.1, 0.15) is 52.7 Å². The molecule has 3 heteroatoms. The molecular weight excluding hydrogens is 250 g/mol. The molecule has 20 heavy (non-hydrogen) atoms. The van der Waals surface area contributed by atoms with E-state index in [0.717, 1.165) is 12.1 Å². The Bertz CT molecular complexity index is 453. The quantitative estimate of drug-likeness (QED) is 0.853. The van der Waals surface area contributed by atoms with Gasteiger partial charge in [-0.2, -0.15) is 0 Å². The maximum Gasteiger partial charge on any atom is 0.311 e. The summed E-state index contributed by atoms with van der Waals surface area (Å²) in [6.07, 6.45) is 0. The van der Waals surface area contributed by atoms with Gasteiger partial charge in [0.15, 0.2) is 0 Å². The minimum absolute atomic E-state index is 0.0920. The van der Waals surface area contributed by atoms with Gasteiger partial charge in [-0.05, 0) is 52.7 Å². The van der Waals surface area contributed by atoms with Crippen LogP contribution in [0, 0.1) is 5.41 Å². The lowest BCUT2D eigenvalue weighted by Crippen LogP contribution is -2.35. The summed E-state index contributed by atoms with van der Waals surface area (Å²) in [5.74, 6) is -0.171. The first-order valence-electron chi connectivity index (χ1n) is 7.08. The Balaban J connectivity index is 2.58. The topological polar surface area (TPSA) is 38.3 Å². The smallest absolute Gasteiger partial charge is 0.311 e. The van der Waals surface area contributed by atoms with E-state index in [-0.39, 0.29) is 11.5 Å². The summed E-state index contributed by atoms with van der Waals surface area (Å²) in [6, 6.07) is 8.14. The van der Waals surface area contributed by atoms with Gasteiger partial charge in [0.1, 0.15) is 6.61 Å². The van der Waals surface area contributed by atoms with Crippen molar-refractivity contribution in [3.63, 3.8) is 0 Å². The van der Waals surface area contributed by atoms with Gasteiger partial charge in [-0.1, -0.05) is 24.3 Å². The summed E-state index contributed by atoms with van der Waals surface area (Å²) in [5.41, 5.74) is 1.86. The molecule has 0 saturated heterocycles. The number of esters is 1. The first kappa shape index (κ1) is 16.7. The fourth-order valence-electron chi connectivity index (χ4n) is 1.56. The standard InChI is InChI=1S/C17H27NO2/c1-16(2,3)15(19)20-12-14-9-7-8-13(10-14)11-18-17(4,5)6/h7-10,18H,11-12H2,1-6H3. The molecule has 0 saturated carbocycles. The molecule has 0 heterocycles. The molecule has 0 aliphatic heterocycles. The van der Waals surface area contributed by atoms with Crippen molar-refractivity contribution in [1.82, 2.24) is 5.32 Å². The Labute approximate surface area is 122 Å². The maximum absolute atomic E-state index is 11.7. The van der Waals surface area contributed by atoms with Gasteiger partial charge >= 0.3 is 5.97 Å². The third kappa shape index (κ3) is 6.20. The number of carbonyl (C=O) groups excluding carboxylic acids is 1. The summed E-state index contributed by atoms with van der Waals surface area (Å²) in [4.78, 5) is 11.7. The average Bonchev–Trinajstić information content (AvgIpc) is 2.32. The zero-order valence-electron chi connectivity index (χ0n) is 13.5. The minimum Gasteiger partial charge on any atom is -0.460 e. The van der Waals surface area contributed by atoms with Crippen LogP contribution in [-0.2, 0) is 22.7 Å². The van der Waals surface area contributed by atoms with Crippen LogP contribution in [0.15, 0.2) is 24.3 Å². The number of hydrogen-bond acceptors (Lipinski definition) is 3. The predicted molar refractivity (Wildman–Crippen MR) is 82.3 cm³/mol. The van der Waals surface area contributed by atoms with Crippen LogP contribution < -0.4 is 5.32 Å². The molecule has 0 spiro atoms. The van der Waals surface area contributed by atoms with E-state index < -0.39 is 5.41 Å². The number of carbonyl (C=O) groups is 1. The van der Waals surface area contributed by atoms with Gasteiger partial charge in [-0.3, -0.25) is 4.79 Å². The second-order valence-electron chi connectivity index (χ2n) is 7.25. The maximum atomic E-state index is 11.7. The minimum atomic E-state index is -0.453. The lowest BCUT2D eigenvalue weighted by molar-refractivity contribution is -0.154. The van der Waals surface area contributed by atoms with E-state index in [9.17, 15) is 4.79 Å². The molecule has 0 aliphatic carbocycles. The van der Waals surface area contributed by atoms with Gasteiger partial charge in [0.25, 0.3) is 0 Å². The van der Waals surface area contributed by atoms with Gasteiger partial charge < -0.3 is 10.1 Å². The summed E-state index contributed by atoms with van der Waals surface area (Å²) in [6.45, 7) is 13.1. The molecule has 0 radical (unpaired) electrons. The van der Waals surface area contributed by atoms with Crippen molar-refractivity contribution < 1.29 is 9.53 Å². The van der Waals surface area contributed by atoms with E-state index in [2.05, 4.69) is 38.2 Å². The third-order valence-electron chi connectivity index (χ3n) is 2.80. The first-order valence-corrected chi connectivity index (χ1v) is 7.08. The molecule has 0 amide bonds. The molecule has 0 aromatic heterocycles. The zero-order chi connectivity index (χ0) is 15.4. The number of nitrogens with one attached hydrogen (secondary N) is 1. The van der Waals surface area contributed by atoms with E-state index in [1.807, 2.05) is 32.9 Å². The summed E-state index contributed by atoms with van der Waals surface area (Å²) in [5, 5.41) is 3.45. The van der Waals surface area contributed by atoms with Crippen LogP contribution in [0.4, 0.5) is 0 Å². The van der Waals surface area contributed by atoms with Gasteiger partial charge in [0.2, 0.25) is 0 Å². The van der Waals surface area contributed by atoms with E-state index in [4.69, 9.17) is 4.74 Å². The van der Waals surface area contributed by atoms with Crippen molar-refractivity contribution in [2.75, 3.05) is 0 Å². The number of hydrogen-bond donors (Lipinski definition) is 1. The van der Waals surface area contributed by atoms with Crippen molar-refractivity contribution in [2.24, 2.45) is 5.41 Å². The molecule has 0 bridgehead atoms. The highest BCUT2D eigenvalue weighted by atomic mass is 16.5. The van der Waals surface area contributed by atoms with E-state index in [0.29, 0.717) is 6.61 Å². The average molecular weight is 277 g/mol. The normalized spacial score (nSPS) is 12.3. The molecule has 0 unspecified atom stereocenters. The molecule has 1 rings (SSSR count). The SMILES string of the molecule is CC(C)(C)NCc1cccc(COC(=O)C(C)(C)C)c1. The lowest BCUT2D eigenvalue weighted by Gasteiger charge is -2.21. The molecule has 0 fully saturated rings.